The van der Waals surface area contributed by atoms with E-state index in [1.807, 2.05) is 13.8 Å². The summed E-state index contributed by atoms with van der Waals surface area (Å²) in [5.74, 6) is 2.74. The zero-order valence-electron chi connectivity index (χ0n) is 44.6. The Morgan fingerprint density at radius 1 is 0.438 bits per heavy atom. The molecule has 6 heterocycles. The standard InChI is InChI=1S/C60H83N9O4/c1-47-14-21-56(22-15-47)68-37-35-66(30-11-6-5-8-12-52-42-49(3)71-61-52)59(45-68)60-46-69(57-23-16-48(2)17-24-57)38-36-67(60)39-41-70-40-28-54-44-58(73-63-54)27-20-51-18-25-55(26-19-51)65-33-31-64(32-34-65)29-10-7-9-13-53-43-50(4)72-62-53/h14-19,21-26,42-44,59-60H,5-13,20,27-41,45-46H2,1-4H3. The third-order valence-corrected chi connectivity index (χ3v) is 15.7. The van der Waals surface area contributed by atoms with E-state index in [1.54, 1.807) is 0 Å². The summed E-state index contributed by atoms with van der Waals surface area (Å²) < 4.78 is 22.8. The molecule has 0 N–H and O–H groups in total. The number of nitrogens with zero attached hydrogens (tertiary/aromatic N) is 9. The molecule has 0 saturated carbocycles. The highest BCUT2D eigenvalue weighted by atomic mass is 16.5. The van der Waals surface area contributed by atoms with Crippen molar-refractivity contribution in [2.75, 3.05) is 113 Å². The van der Waals surface area contributed by atoms with E-state index in [-0.39, 0.29) is 0 Å². The van der Waals surface area contributed by atoms with Gasteiger partial charge in [0.25, 0.3) is 0 Å². The van der Waals surface area contributed by atoms with Crippen molar-refractivity contribution in [1.82, 2.24) is 30.2 Å². The number of piperazine rings is 3. The maximum atomic E-state index is 6.43. The Morgan fingerprint density at radius 2 is 0.932 bits per heavy atom. The number of hydrogen-bond acceptors (Lipinski definition) is 13. The highest BCUT2D eigenvalue weighted by Crippen LogP contribution is 2.29. The van der Waals surface area contributed by atoms with E-state index >= 15 is 0 Å². The van der Waals surface area contributed by atoms with Crippen LogP contribution in [0.3, 0.4) is 0 Å². The molecule has 2 unspecified atom stereocenters. The summed E-state index contributed by atoms with van der Waals surface area (Å²) in [5.41, 5.74) is 11.0. The van der Waals surface area contributed by atoms with Crippen LogP contribution >= 0.6 is 0 Å². The van der Waals surface area contributed by atoms with Gasteiger partial charge in [-0.05, 0) is 128 Å². The number of aromatic nitrogens is 3. The van der Waals surface area contributed by atoms with Crippen LogP contribution in [-0.4, -0.2) is 141 Å². The van der Waals surface area contributed by atoms with Gasteiger partial charge in [0.1, 0.15) is 17.3 Å². The van der Waals surface area contributed by atoms with Gasteiger partial charge in [-0.2, -0.15) is 0 Å². The first kappa shape index (κ1) is 52.4. The van der Waals surface area contributed by atoms with Gasteiger partial charge >= 0.3 is 0 Å². The van der Waals surface area contributed by atoms with Crippen LogP contribution < -0.4 is 14.7 Å². The van der Waals surface area contributed by atoms with Gasteiger partial charge in [0.05, 0.1) is 30.3 Å². The molecule has 3 aromatic heterocycles. The summed E-state index contributed by atoms with van der Waals surface area (Å²) in [6, 6.07) is 34.5. The van der Waals surface area contributed by atoms with Crippen LogP contribution in [0, 0.1) is 27.7 Å². The van der Waals surface area contributed by atoms with E-state index in [0.717, 1.165) is 151 Å². The average Bonchev–Trinajstić information content (AvgIpc) is 4.18. The molecule has 0 aliphatic carbocycles. The zero-order valence-corrected chi connectivity index (χ0v) is 44.6. The molecule has 73 heavy (non-hydrogen) atoms. The van der Waals surface area contributed by atoms with Gasteiger partial charge in [0, 0.05) is 132 Å². The molecule has 3 fully saturated rings. The molecule has 13 nitrogen and oxygen atoms in total. The first-order valence-corrected chi connectivity index (χ1v) is 27.8. The predicted octanol–water partition coefficient (Wildman–Crippen LogP) is 9.95. The third kappa shape index (κ3) is 15.5. The van der Waals surface area contributed by atoms with E-state index in [2.05, 4.69) is 150 Å². The van der Waals surface area contributed by atoms with Crippen LogP contribution in [0.15, 0.2) is 105 Å². The summed E-state index contributed by atoms with van der Waals surface area (Å²) >= 11 is 0. The second kappa shape index (κ2) is 26.7. The lowest BCUT2D eigenvalue weighted by molar-refractivity contribution is 0.0347. The monoisotopic (exact) mass is 994 g/mol. The van der Waals surface area contributed by atoms with Crippen molar-refractivity contribution in [1.29, 1.82) is 0 Å². The fourth-order valence-electron chi connectivity index (χ4n) is 11.2. The minimum absolute atomic E-state index is 0.361. The lowest BCUT2D eigenvalue weighted by atomic mass is 9.97. The number of aryl methyl sites for hydroxylation is 8. The van der Waals surface area contributed by atoms with Gasteiger partial charge in [-0.15, -0.1) is 0 Å². The molecule has 2 atom stereocenters. The molecule has 9 rings (SSSR count). The number of ether oxygens (including phenoxy) is 1. The molecule has 3 aromatic carbocycles. The van der Waals surface area contributed by atoms with E-state index in [0.29, 0.717) is 25.3 Å². The summed E-state index contributed by atoms with van der Waals surface area (Å²) in [6.45, 7) is 23.4. The topological polar surface area (TPSA) is 107 Å². The summed E-state index contributed by atoms with van der Waals surface area (Å²) in [7, 11) is 0. The van der Waals surface area contributed by atoms with Crippen molar-refractivity contribution < 1.29 is 18.3 Å². The number of anilines is 3. The second-order valence-electron chi connectivity index (χ2n) is 21.2. The normalized spacial score (nSPS) is 18.3. The van der Waals surface area contributed by atoms with Crippen LogP contribution in [0.4, 0.5) is 17.1 Å². The van der Waals surface area contributed by atoms with Crippen LogP contribution in [0.2, 0.25) is 0 Å². The Balaban J connectivity index is 0.728. The summed E-state index contributed by atoms with van der Waals surface area (Å²) in [4.78, 5) is 16.0. The largest absolute Gasteiger partial charge is 0.380 e. The lowest BCUT2D eigenvalue weighted by Crippen LogP contribution is -2.67. The average molecular weight is 994 g/mol. The molecular weight excluding hydrogens is 911 g/mol. The summed E-state index contributed by atoms with van der Waals surface area (Å²) in [5, 5.41) is 12.8. The Bertz CT molecular complexity index is 2510. The number of unbranched alkanes of at least 4 members (excludes halogenated alkanes) is 5. The van der Waals surface area contributed by atoms with Crippen LogP contribution in [0.1, 0.15) is 96.0 Å². The van der Waals surface area contributed by atoms with Crippen molar-refractivity contribution in [2.45, 2.75) is 117 Å². The van der Waals surface area contributed by atoms with E-state index < -0.39 is 0 Å². The van der Waals surface area contributed by atoms with E-state index in [4.69, 9.17) is 18.3 Å². The Morgan fingerprint density at radius 3 is 1.52 bits per heavy atom. The number of benzene rings is 3. The first-order chi connectivity index (χ1) is 35.8. The van der Waals surface area contributed by atoms with E-state index in [1.165, 1.54) is 78.8 Å². The zero-order chi connectivity index (χ0) is 50.2. The van der Waals surface area contributed by atoms with Gasteiger partial charge in [0.2, 0.25) is 0 Å². The van der Waals surface area contributed by atoms with Crippen LogP contribution in [0.5, 0.6) is 0 Å². The molecule has 13 heteroatoms. The second-order valence-corrected chi connectivity index (χ2v) is 21.2. The van der Waals surface area contributed by atoms with Gasteiger partial charge in [0.15, 0.2) is 0 Å². The maximum Gasteiger partial charge on any atom is 0.137 e. The van der Waals surface area contributed by atoms with Crippen molar-refractivity contribution in [2.24, 2.45) is 0 Å². The van der Waals surface area contributed by atoms with Crippen molar-refractivity contribution >= 4 is 17.1 Å². The minimum atomic E-state index is 0.361. The highest BCUT2D eigenvalue weighted by molar-refractivity contribution is 5.51. The van der Waals surface area contributed by atoms with Gasteiger partial charge in [-0.25, -0.2) is 0 Å². The first-order valence-electron chi connectivity index (χ1n) is 27.8. The van der Waals surface area contributed by atoms with Crippen LogP contribution in [0.25, 0.3) is 0 Å². The molecule has 0 spiro atoms. The van der Waals surface area contributed by atoms with Crippen molar-refractivity contribution in [3.05, 3.63) is 142 Å². The van der Waals surface area contributed by atoms with Crippen molar-refractivity contribution in [3.8, 4) is 0 Å². The highest BCUT2D eigenvalue weighted by Gasteiger charge is 2.39. The molecule has 6 aromatic rings. The SMILES string of the molecule is Cc1ccc(N2CCN(CCCCCCc3cc(C)on3)C(C3CN(c4ccc(C)cc4)CCN3CCOCCc3cc(CCc4ccc(N5CCN(CCCCCc6cc(C)on6)CC5)cc4)on3)C2)cc1. The van der Waals surface area contributed by atoms with E-state index in [9.17, 15) is 0 Å². The molecule has 3 saturated heterocycles. The molecule has 0 amide bonds. The van der Waals surface area contributed by atoms with Crippen LogP contribution in [-0.2, 0) is 36.8 Å². The van der Waals surface area contributed by atoms with Gasteiger partial charge in [-0.3, -0.25) is 14.7 Å². The smallest absolute Gasteiger partial charge is 0.137 e. The molecule has 3 aliphatic rings. The summed E-state index contributed by atoms with van der Waals surface area (Å²) in [6.07, 6.45) is 13.0. The van der Waals surface area contributed by atoms with Gasteiger partial charge < -0.3 is 33.0 Å². The lowest BCUT2D eigenvalue weighted by Gasteiger charge is -2.52. The molecule has 3 aliphatic heterocycles. The molecular formula is C60H83N9O4. The van der Waals surface area contributed by atoms with Crippen molar-refractivity contribution in [3.63, 3.8) is 0 Å². The number of rotatable bonds is 26. The number of hydrogen-bond donors (Lipinski definition) is 0. The molecule has 0 bridgehead atoms. The maximum absolute atomic E-state index is 6.43. The van der Waals surface area contributed by atoms with Gasteiger partial charge in [-0.1, -0.05) is 82.3 Å². The fourth-order valence-corrected chi connectivity index (χ4v) is 11.2. The molecule has 392 valence electrons. The minimum Gasteiger partial charge on any atom is -0.380 e. The predicted molar refractivity (Wildman–Crippen MR) is 293 cm³/mol. The Hall–Kier alpha value is -5.47. The molecule has 0 radical (unpaired) electrons. The quantitative estimate of drug-likeness (QED) is 0.0482. The Labute approximate surface area is 435 Å². The third-order valence-electron chi connectivity index (χ3n) is 15.7. The fraction of sp³-hybridized carbons (Fsp3) is 0.550. The Kier molecular flexibility index (Phi) is 19.1.